The molecule has 0 aliphatic carbocycles. The highest BCUT2D eigenvalue weighted by Gasteiger charge is 2.36. The van der Waals surface area contributed by atoms with Crippen molar-refractivity contribution < 1.29 is 5.11 Å². The number of hydrogen-bond acceptors (Lipinski definition) is 2. The number of benzene rings is 1. The van der Waals surface area contributed by atoms with E-state index in [-0.39, 0.29) is 11.5 Å². The third-order valence-electron chi connectivity index (χ3n) is 4.26. The number of rotatable bonds is 6. The van der Waals surface area contributed by atoms with E-state index in [4.69, 9.17) is 0 Å². The average molecular weight is 353 g/mol. The first-order chi connectivity index (χ1) is 9.62. The normalized spacial score (nSPS) is 13.4. The molecule has 1 heterocycles. The molecular formula is C17H21BrOS. The second-order valence-corrected chi connectivity index (χ2v) is 7.09. The molecule has 1 aromatic carbocycles. The first-order valence-electron chi connectivity index (χ1n) is 7.09. The van der Waals surface area contributed by atoms with Crippen molar-refractivity contribution in [1.29, 1.82) is 0 Å². The first kappa shape index (κ1) is 15.7. The molecule has 0 saturated heterocycles. The molecule has 108 valence electrons. The van der Waals surface area contributed by atoms with Crippen molar-refractivity contribution in [3.8, 4) is 0 Å². The van der Waals surface area contributed by atoms with Crippen LogP contribution in [0.1, 0.15) is 37.1 Å². The SMILES string of the molecule is CCC(CC)(c1ccccc1)C(O)Cc1cc(Br)cs1. The van der Waals surface area contributed by atoms with Crippen LogP contribution < -0.4 is 0 Å². The van der Waals surface area contributed by atoms with Gasteiger partial charge in [0.2, 0.25) is 0 Å². The van der Waals surface area contributed by atoms with Gasteiger partial charge < -0.3 is 5.11 Å². The third-order valence-corrected chi connectivity index (χ3v) is 5.98. The summed E-state index contributed by atoms with van der Waals surface area (Å²) in [5.74, 6) is 0. The van der Waals surface area contributed by atoms with Crippen LogP contribution >= 0.6 is 27.3 Å². The van der Waals surface area contributed by atoms with E-state index in [1.54, 1.807) is 11.3 Å². The fourth-order valence-electron chi connectivity index (χ4n) is 2.94. The van der Waals surface area contributed by atoms with Gasteiger partial charge in [-0.3, -0.25) is 0 Å². The molecule has 0 amide bonds. The van der Waals surface area contributed by atoms with Crippen LogP contribution in [0.2, 0.25) is 0 Å². The monoisotopic (exact) mass is 352 g/mol. The van der Waals surface area contributed by atoms with Crippen LogP contribution in [0.5, 0.6) is 0 Å². The van der Waals surface area contributed by atoms with Crippen LogP contribution in [0.3, 0.4) is 0 Å². The topological polar surface area (TPSA) is 20.2 Å². The second-order valence-electron chi connectivity index (χ2n) is 5.18. The molecule has 1 unspecified atom stereocenters. The summed E-state index contributed by atoms with van der Waals surface area (Å²) in [4.78, 5) is 1.23. The molecule has 2 rings (SSSR count). The first-order valence-corrected chi connectivity index (χ1v) is 8.76. The van der Waals surface area contributed by atoms with E-state index in [1.807, 2.05) is 6.07 Å². The maximum Gasteiger partial charge on any atom is 0.0684 e. The van der Waals surface area contributed by atoms with Gasteiger partial charge in [-0.2, -0.15) is 0 Å². The molecule has 20 heavy (non-hydrogen) atoms. The lowest BCUT2D eigenvalue weighted by molar-refractivity contribution is 0.0740. The molecular weight excluding hydrogens is 332 g/mol. The second kappa shape index (κ2) is 6.88. The molecule has 0 saturated carbocycles. The number of aliphatic hydroxyl groups is 1. The van der Waals surface area contributed by atoms with E-state index in [9.17, 15) is 5.11 Å². The number of aliphatic hydroxyl groups excluding tert-OH is 1. The van der Waals surface area contributed by atoms with Crippen molar-refractivity contribution in [3.63, 3.8) is 0 Å². The molecule has 1 nitrogen and oxygen atoms in total. The molecule has 1 N–H and O–H groups in total. The number of halogens is 1. The summed E-state index contributed by atoms with van der Waals surface area (Å²) in [7, 11) is 0. The lowest BCUT2D eigenvalue weighted by atomic mass is 9.70. The summed E-state index contributed by atoms with van der Waals surface area (Å²) in [6, 6.07) is 12.5. The third kappa shape index (κ3) is 3.16. The smallest absolute Gasteiger partial charge is 0.0684 e. The zero-order valence-electron chi connectivity index (χ0n) is 12.0. The van der Waals surface area contributed by atoms with Gasteiger partial charge in [-0.15, -0.1) is 11.3 Å². The van der Waals surface area contributed by atoms with E-state index in [0.29, 0.717) is 6.42 Å². The molecule has 2 aromatic rings. The molecule has 1 aromatic heterocycles. The molecule has 3 heteroatoms. The Hall–Kier alpha value is -0.640. The van der Waals surface area contributed by atoms with E-state index >= 15 is 0 Å². The minimum Gasteiger partial charge on any atom is -0.392 e. The highest BCUT2D eigenvalue weighted by molar-refractivity contribution is 9.10. The Bertz CT molecular complexity index is 531. The minimum absolute atomic E-state index is 0.155. The van der Waals surface area contributed by atoms with Crippen molar-refractivity contribution in [1.82, 2.24) is 0 Å². The van der Waals surface area contributed by atoms with Crippen LogP contribution in [-0.2, 0) is 11.8 Å². The predicted molar refractivity (Wildman–Crippen MR) is 90.4 cm³/mol. The molecule has 0 bridgehead atoms. The Kier molecular flexibility index (Phi) is 5.42. The van der Waals surface area contributed by atoms with E-state index < -0.39 is 0 Å². The summed E-state index contributed by atoms with van der Waals surface area (Å²) >= 11 is 5.18. The van der Waals surface area contributed by atoms with Crippen LogP contribution in [0.25, 0.3) is 0 Å². The van der Waals surface area contributed by atoms with Crippen molar-refractivity contribution in [2.45, 2.75) is 44.6 Å². The Labute approximate surface area is 133 Å². The lowest BCUT2D eigenvalue weighted by Crippen LogP contribution is -2.39. The van der Waals surface area contributed by atoms with Gasteiger partial charge in [0.05, 0.1) is 6.10 Å². The van der Waals surface area contributed by atoms with E-state index in [2.05, 4.69) is 65.5 Å². The summed E-state index contributed by atoms with van der Waals surface area (Å²) in [5, 5.41) is 12.9. The Balaban J connectivity index is 2.28. The zero-order valence-corrected chi connectivity index (χ0v) is 14.4. The van der Waals surface area contributed by atoms with Crippen molar-refractivity contribution in [3.05, 3.63) is 56.7 Å². The van der Waals surface area contributed by atoms with Gasteiger partial charge >= 0.3 is 0 Å². The van der Waals surface area contributed by atoms with Gasteiger partial charge in [0.1, 0.15) is 0 Å². The van der Waals surface area contributed by atoms with E-state index in [0.717, 1.165) is 17.3 Å². The van der Waals surface area contributed by atoms with Crippen LogP contribution in [-0.4, -0.2) is 11.2 Å². The van der Waals surface area contributed by atoms with Crippen LogP contribution in [0.4, 0.5) is 0 Å². The Morgan fingerprint density at radius 2 is 1.85 bits per heavy atom. The predicted octanol–water partition coefficient (Wildman–Crippen LogP) is 5.17. The van der Waals surface area contributed by atoms with Gasteiger partial charge in [0, 0.05) is 26.6 Å². The quantitative estimate of drug-likeness (QED) is 0.759. The summed E-state index contributed by atoms with van der Waals surface area (Å²) in [6.45, 7) is 4.34. The lowest BCUT2D eigenvalue weighted by Gasteiger charge is -2.37. The number of hydrogen-bond donors (Lipinski definition) is 1. The molecule has 0 aliphatic heterocycles. The summed E-state index contributed by atoms with van der Waals surface area (Å²) in [6.07, 6.45) is 2.25. The summed E-state index contributed by atoms with van der Waals surface area (Å²) < 4.78 is 1.10. The largest absolute Gasteiger partial charge is 0.392 e. The van der Waals surface area contributed by atoms with Crippen molar-refractivity contribution >= 4 is 27.3 Å². The molecule has 0 spiro atoms. The molecule has 1 atom stereocenters. The molecule has 0 fully saturated rings. The fraction of sp³-hybridized carbons (Fsp3) is 0.412. The van der Waals surface area contributed by atoms with E-state index in [1.165, 1.54) is 10.4 Å². The fourth-order valence-corrected chi connectivity index (χ4v) is 4.43. The maximum atomic E-state index is 10.9. The Morgan fingerprint density at radius 3 is 2.35 bits per heavy atom. The standard InChI is InChI=1S/C17H21BrOS/c1-3-17(4-2,13-8-6-5-7-9-13)16(19)11-15-10-14(18)12-20-15/h5-10,12,16,19H,3-4,11H2,1-2H3. The van der Waals surface area contributed by atoms with Crippen LogP contribution in [0, 0.1) is 0 Å². The minimum atomic E-state index is -0.356. The van der Waals surface area contributed by atoms with Crippen molar-refractivity contribution in [2.75, 3.05) is 0 Å². The number of thiophene rings is 1. The Morgan fingerprint density at radius 1 is 1.20 bits per heavy atom. The van der Waals surface area contributed by atoms with Gasteiger partial charge in [-0.25, -0.2) is 0 Å². The van der Waals surface area contributed by atoms with Crippen LogP contribution in [0.15, 0.2) is 46.3 Å². The highest BCUT2D eigenvalue weighted by Crippen LogP contribution is 2.37. The maximum absolute atomic E-state index is 10.9. The van der Waals surface area contributed by atoms with Gasteiger partial charge in [0.15, 0.2) is 0 Å². The van der Waals surface area contributed by atoms with Gasteiger partial charge in [-0.1, -0.05) is 44.2 Å². The summed E-state index contributed by atoms with van der Waals surface area (Å²) in [5.41, 5.74) is 1.09. The molecule has 0 radical (unpaired) electrons. The molecule has 0 aliphatic rings. The highest BCUT2D eigenvalue weighted by atomic mass is 79.9. The zero-order chi connectivity index (χ0) is 14.6. The van der Waals surface area contributed by atoms with Gasteiger partial charge in [-0.05, 0) is 40.4 Å². The van der Waals surface area contributed by atoms with Crippen molar-refractivity contribution in [2.24, 2.45) is 0 Å². The average Bonchev–Trinajstić information content (AvgIpc) is 2.87. The van der Waals surface area contributed by atoms with Gasteiger partial charge in [0.25, 0.3) is 0 Å².